The van der Waals surface area contributed by atoms with E-state index in [2.05, 4.69) is 48.1 Å². The Balaban J connectivity index is 2.19. The van der Waals surface area contributed by atoms with Gasteiger partial charge in [-0.25, -0.2) is 9.59 Å². The van der Waals surface area contributed by atoms with Gasteiger partial charge in [-0.15, -0.1) is 0 Å². The standard InChI is InChI=1S/C34H62N4O4/c1-5-9-11-13-15-24-37(7-3)26-17-19-28-41-33(39)35-31-22-21-23-32(30-31)36-34(40)42-29-20-18-27-38(8-4)25-16-14-12-10-6-2/h21-23,30H,5-20,24-29H2,1-4H3,(H,35,39)(H,36,40). The second kappa shape index (κ2) is 26.3. The molecule has 0 aliphatic rings. The molecule has 242 valence electrons. The Hall–Kier alpha value is -2.32. The van der Waals surface area contributed by atoms with Crippen LogP contribution >= 0.6 is 0 Å². The van der Waals surface area contributed by atoms with E-state index in [-0.39, 0.29) is 0 Å². The highest BCUT2D eigenvalue weighted by atomic mass is 16.6. The lowest BCUT2D eigenvalue weighted by Crippen LogP contribution is -2.26. The summed E-state index contributed by atoms with van der Waals surface area (Å²) in [6.45, 7) is 16.2. The predicted molar refractivity (Wildman–Crippen MR) is 177 cm³/mol. The number of carbonyl (C=O) groups is 2. The zero-order valence-electron chi connectivity index (χ0n) is 27.4. The van der Waals surface area contributed by atoms with Crippen LogP contribution in [0.2, 0.25) is 0 Å². The third-order valence-corrected chi connectivity index (χ3v) is 7.61. The van der Waals surface area contributed by atoms with E-state index in [1.54, 1.807) is 24.3 Å². The maximum absolute atomic E-state index is 12.2. The molecular formula is C34H62N4O4. The minimum atomic E-state index is -0.486. The van der Waals surface area contributed by atoms with Gasteiger partial charge in [0.25, 0.3) is 0 Å². The van der Waals surface area contributed by atoms with Crippen LogP contribution in [0.4, 0.5) is 21.0 Å². The van der Waals surface area contributed by atoms with Crippen LogP contribution in [0.25, 0.3) is 0 Å². The minimum absolute atomic E-state index is 0.388. The van der Waals surface area contributed by atoms with Crippen molar-refractivity contribution in [3.05, 3.63) is 24.3 Å². The third kappa shape index (κ3) is 20.5. The molecule has 0 heterocycles. The first-order valence-electron chi connectivity index (χ1n) is 16.9. The van der Waals surface area contributed by atoms with Gasteiger partial charge in [-0.2, -0.15) is 0 Å². The molecule has 0 aliphatic carbocycles. The van der Waals surface area contributed by atoms with Crippen LogP contribution in [0.15, 0.2) is 24.3 Å². The molecule has 0 spiro atoms. The largest absolute Gasteiger partial charge is 0.449 e. The number of anilines is 2. The Labute approximate surface area is 257 Å². The predicted octanol–water partition coefficient (Wildman–Crippen LogP) is 8.93. The van der Waals surface area contributed by atoms with Crippen molar-refractivity contribution in [1.82, 2.24) is 9.80 Å². The third-order valence-electron chi connectivity index (χ3n) is 7.61. The van der Waals surface area contributed by atoms with Gasteiger partial charge in [-0.05, 0) is 96.0 Å². The Morgan fingerprint density at radius 3 is 1.33 bits per heavy atom. The van der Waals surface area contributed by atoms with Gasteiger partial charge in [-0.1, -0.05) is 85.1 Å². The lowest BCUT2D eigenvalue weighted by Gasteiger charge is -2.20. The van der Waals surface area contributed by atoms with Crippen LogP contribution in [-0.2, 0) is 9.47 Å². The zero-order chi connectivity index (χ0) is 30.7. The summed E-state index contributed by atoms with van der Waals surface area (Å²) in [4.78, 5) is 29.4. The molecule has 8 heteroatoms. The molecule has 0 saturated carbocycles. The number of unbranched alkanes of at least 4 members (excludes halogenated alkanes) is 10. The van der Waals surface area contributed by atoms with E-state index in [0.717, 1.165) is 65.0 Å². The summed E-state index contributed by atoms with van der Waals surface area (Å²) in [7, 11) is 0. The van der Waals surface area contributed by atoms with Crippen molar-refractivity contribution in [1.29, 1.82) is 0 Å². The SMILES string of the molecule is CCCCCCCN(CC)CCCCOC(=O)Nc1cccc(NC(=O)OCCCCN(CC)CCCCCCC)c1. The summed E-state index contributed by atoms with van der Waals surface area (Å²) < 4.78 is 10.7. The van der Waals surface area contributed by atoms with Gasteiger partial charge in [0.05, 0.1) is 13.2 Å². The lowest BCUT2D eigenvalue weighted by atomic mass is 10.1. The highest BCUT2D eigenvalue weighted by molar-refractivity contribution is 5.88. The Kier molecular flexibility index (Phi) is 23.6. The van der Waals surface area contributed by atoms with Crippen LogP contribution in [0.3, 0.4) is 0 Å². The quantitative estimate of drug-likeness (QED) is 0.105. The average Bonchev–Trinajstić information content (AvgIpc) is 2.98. The molecule has 0 unspecified atom stereocenters. The summed E-state index contributed by atoms with van der Waals surface area (Å²) in [5.41, 5.74) is 1.12. The first kappa shape index (κ1) is 37.7. The molecule has 1 rings (SSSR count). The molecule has 1 aromatic rings. The normalized spacial score (nSPS) is 11.2. The molecule has 0 aliphatic heterocycles. The van der Waals surface area contributed by atoms with E-state index < -0.39 is 12.2 Å². The molecule has 1 aromatic carbocycles. The molecule has 0 aromatic heterocycles. The number of benzene rings is 1. The average molecular weight is 591 g/mol. The van der Waals surface area contributed by atoms with Crippen LogP contribution < -0.4 is 10.6 Å². The van der Waals surface area contributed by atoms with Gasteiger partial charge >= 0.3 is 12.2 Å². The number of hydrogen-bond acceptors (Lipinski definition) is 6. The van der Waals surface area contributed by atoms with E-state index in [1.165, 1.54) is 64.2 Å². The fraction of sp³-hybridized carbons (Fsp3) is 0.765. The summed E-state index contributed by atoms with van der Waals surface area (Å²) in [6.07, 6.45) is 15.7. The maximum atomic E-state index is 12.2. The molecule has 8 nitrogen and oxygen atoms in total. The number of amides is 2. The number of hydrogen-bond donors (Lipinski definition) is 2. The van der Waals surface area contributed by atoms with Crippen LogP contribution in [0.1, 0.15) is 118 Å². The Morgan fingerprint density at radius 1 is 0.571 bits per heavy atom. The Morgan fingerprint density at radius 2 is 0.952 bits per heavy atom. The van der Waals surface area contributed by atoms with Crippen molar-refractivity contribution >= 4 is 23.6 Å². The fourth-order valence-corrected chi connectivity index (χ4v) is 4.92. The molecule has 2 amide bonds. The molecule has 0 fully saturated rings. The van der Waals surface area contributed by atoms with E-state index in [1.807, 2.05) is 0 Å². The number of carbonyl (C=O) groups excluding carboxylic acids is 2. The van der Waals surface area contributed by atoms with Crippen molar-refractivity contribution in [2.24, 2.45) is 0 Å². The van der Waals surface area contributed by atoms with Gasteiger partial charge in [0.1, 0.15) is 0 Å². The molecule has 0 radical (unpaired) electrons. The van der Waals surface area contributed by atoms with E-state index in [0.29, 0.717) is 24.6 Å². The van der Waals surface area contributed by atoms with Crippen molar-refractivity contribution in [3.63, 3.8) is 0 Å². The number of nitrogens with zero attached hydrogens (tertiary/aromatic N) is 2. The van der Waals surface area contributed by atoms with Gasteiger partial charge in [-0.3, -0.25) is 10.6 Å². The second-order valence-electron chi connectivity index (χ2n) is 11.2. The highest BCUT2D eigenvalue weighted by Crippen LogP contribution is 2.16. The van der Waals surface area contributed by atoms with E-state index in [9.17, 15) is 9.59 Å². The van der Waals surface area contributed by atoms with E-state index >= 15 is 0 Å². The fourth-order valence-electron chi connectivity index (χ4n) is 4.92. The van der Waals surface area contributed by atoms with Gasteiger partial charge in [0.2, 0.25) is 0 Å². The first-order valence-corrected chi connectivity index (χ1v) is 16.9. The van der Waals surface area contributed by atoms with Crippen molar-refractivity contribution in [2.45, 2.75) is 118 Å². The molecule has 0 bridgehead atoms. The molecule has 42 heavy (non-hydrogen) atoms. The minimum Gasteiger partial charge on any atom is -0.449 e. The molecule has 0 atom stereocenters. The number of rotatable bonds is 26. The number of ether oxygens (including phenoxy) is 2. The smallest absolute Gasteiger partial charge is 0.411 e. The van der Waals surface area contributed by atoms with Crippen LogP contribution in [-0.4, -0.2) is 74.5 Å². The monoisotopic (exact) mass is 590 g/mol. The number of nitrogens with one attached hydrogen (secondary N) is 2. The summed E-state index contributed by atoms with van der Waals surface area (Å²) in [5, 5.41) is 5.49. The second-order valence-corrected chi connectivity index (χ2v) is 11.2. The molecular weight excluding hydrogens is 528 g/mol. The van der Waals surface area contributed by atoms with Crippen molar-refractivity contribution < 1.29 is 19.1 Å². The highest BCUT2D eigenvalue weighted by Gasteiger charge is 2.08. The summed E-state index contributed by atoms with van der Waals surface area (Å²) in [6, 6.07) is 7.00. The van der Waals surface area contributed by atoms with Gasteiger partial charge in [0.15, 0.2) is 0 Å². The van der Waals surface area contributed by atoms with Crippen molar-refractivity contribution in [2.75, 3.05) is 63.1 Å². The molecule has 0 saturated heterocycles. The van der Waals surface area contributed by atoms with Crippen LogP contribution in [0, 0.1) is 0 Å². The van der Waals surface area contributed by atoms with E-state index in [4.69, 9.17) is 9.47 Å². The first-order chi connectivity index (χ1) is 20.5. The van der Waals surface area contributed by atoms with Crippen LogP contribution in [0.5, 0.6) is 0 Å². The summed E-state index contributed by atoms with van der Waals surface area (Å²) in [5.74, 6) is 0. The zero-order valence-corrected chi connectivity index (χ0v) is 27.4. The van der Waals surface area contributed by atoms with Gasteiger partial charge < -0.3 is 19.3 Å². The van der Waals surface area contributed by atoms with Gasteiger partial charge in [0, 0.05) is 11.4 Å². The maximum Gasteiger partial charge on any atom is 0.411 e. The molecule has 2 N–H and O–H groups in total. The van der Waals surface area contributed by atoms with Crippen molar-refractivity contribution in [3.8, 4) is 0 Å². The Bertz CT molecular complexity index is 746. The lowest BCUT2D eigenvalue weighted by molar-refractivity contribution is 0.156. The topological polar surface area (TPSA) is 83.1 Å². The summed E-state index contributed by atoms with van der Waals surface area (Å²) >= 11 is 0.